The standard InChI is InChI=1S/C32H16N8.4C8H10O.CH4/c1-2-10-18-17(9-1)25-33-26(18)38-28-21-13-5-6-14-22(21)30(35-28)40-32-24-16-8-7-15-23(24)31(36-32)39-29-20-12-4-3-11-19(20)27(34-29)37-25;4*1-7-4-3-5-8(6-7)9-2;/h1-16H;4*3-6H,1-2H3;1H4. The minimum atomic E-state index is 0. The van der Waals surface area contributed by atoms with Crippen molar-refractivity contribution in [2.24, 2.45) is 39.9 Å². The largest absolute Gasteiger partial charge is 0.497 e. The second-order valence-corrected chi connectivity index (χ2v) is 17.7. The van der Waals surface area contributed by atoms with E-state index in [4.69, 9.17) is 58.9 Å². The molecule has 0 radical (unpaired) electrons. The van der Waals surface area contributed by atoms with Gasteiger partial charge in [0.05, 0.1) is 28.4 Å². The summed E-state index contributed by atoms with van der Waals surface area (Å²) >= 11 is 0. The summed E-state index contributed by atoms with van der Waals surface area (Å²) in [4.78, 5) is 39.3. The maximum Gasteiger partial charge on any atom is 0.164 e. The van der Waals surface area contributed by atoms with Crippen molar-refractivity contribution in [2.75, 3.05) is 28.4 Å². The molecule has 5 aliphatic heterocycles. The van der Waals surface area contributed by atoms with Crippen molar-refractivity contribution in [2.45, 2.75) is 35.1 Å². The third-order valence-corrected chi connectivity index (χ3v) is 12.2. The molecular formula is C65H60N8O4. The highest BCUT2D eigenvalue weighted by atomic mass is 16.5. The zero-order chi connectivity index (χ0) is 53.0. The van der Waals surface area contributed by atoms with Gasteiger partial charge >= 0.3 is 0 Å². The summed E-state index contributed by atoms with van der Waals surface area (Å²) in [6.07, 6.45) is 0. The minimum Gasteiger partial charge on any atom is -0.497 e. The molecule has 0 aliphatic carbocycles. The van der Waals surface area contributed by atoms with E-state index in [0.717, 1.165) is 67.5 Å². The first-order valence-corrected chi connectivity index (χ1v) is 24.6. The number of nitrogens with zero attached hydrogens (tertiary/aromatic N) is 8. The van der Waals surface area contributed by atoms with Gasteiger partial charge in [-0.2, -0.15) is 0 Å². The van der Waals surface area contributed by atoms with Gasteiger partial charge in [-0.3, -0.25) is 0 Å². The molecule has 0 N–H and O–H groups in total. The number of aryl methyl sites for hydroxylation is 4. The first kappa shape index (κ1) is 53.6. The fraction of sp³-hybridized carbons (Fsp3) is 0.138. The number of amidine groups is 8. The molecule has 13 rings (SSSR count). The Morgan fingerprint density at radius 1 is 0.221 bits per heavy atom. The molecule has 12 heteroatoms. The Balaban J connectivity index is 0.000000170. The molecule has 0 aromatic heterocycles. The maximum atomic E-state index is 5.00. The van der Waals surface area contributed by atoms with Crippen LogP contribution >= 0.6 is 0 Å². The third-order valence-electron chi connectivity index (χ3n) is 12.2. The molecule has 8 bridgehead atoms. The molecular weight excluding hydrogens is 957 g/mol. The van der Waals surface area contributed by atoms with E-state index < -0.39 is 0 Å². The van der Waals surface area contributed by atoms with Crippen molar-refractivity contribution in [3.8, 4) is 23.0 Å². The average molecular weight is 1020 g/mol. The van der Waals surface area contributed by atoms with Crippen molar-refractivity contribution < 1.29 is 18.9 Å². The predicted molar refractivity (Wildman–Crippen MR) is 316 cm³/mol. The molecule has 0 unspecified atom stereocenters. The number of aliphatic imine (C=N–C) groups is 8. The van der Waals surface area contributed by atoms with Crippen LogP contribution in [0.5, 0.6) is 23.0 Å². The predicted octanol–water partition coefficient (Wildman–Crippen LogP) is 13.5. The van der Waals surface area contributed by atoms with Gasteiger partial charge in [0.1, 0.15) is 23.0 Å². The molecule has 77 heavy (non-hydrogen) atoms. The van der Waals surface area contributed by atoms with Crippen LogP contribution in [-0.4, -0.2) is 75.1 Å². The van der Waals surface area contributed by atoms with Crippen molar-refractivity contribution in [1.29, 1.82) is 0 Å². The van der Waals surface area contributed by atoms with Crippen LogP contribution in [0.1, 0.15) is 74.2 Å². The quantitative estimate of drug-likeness (QED) is 0.173. The zero-order valence-electron chi connectivity index (χ0n) is 43.7. The van der Waals surface area contributed by atoms with Gasteiger partial charge in [0, 0.05) is 44.5 Å². The number of hydrogen-bond donors (Lipinski definition) is 0. The van der Waals surface area contributed by atoms with Gasteiger partial charge in [-0.15, -0.1) is 0 Å². The van der Waals surface area contributed by atoms with Gasteiger partial charge in [-0.05, 0) is 98.5 Å². The van der Waals surface area contributed by atoms with Gasteiger partial charge in [-0.1, -0.05) is 153 Å². The maximum absolute atomic E-state index is 5.00. The van der Waals surface area contributed by atoms with Gasteiger partial charge in [-0.25, -0.2) is 39.9 Å². The van der Waals surface area contributed by atoms with E-state index >= 15 is 0 Å². The lowest BCUT2D eigenvalue weighted by molar-refractivity contribution is 0.414. The molecule has 5 aliphatic rings. The fourth-order valence-corrected chi connectivity index (χ4v) is 8.43. The van der Waals surface area contributed by atoms with Gasteiger partial charge in [0.15, 0.2) is 46.7 Å². The lowest BCUT2D eigenvalue weighted by atomic mass is 10.1. The van der Waals surface area contributed by atoms with Crippen LogP contribution in [0.3, 0.4) is 0 Å². The molecule has 0 saturated heterocycles. The van der Waals surface area contributed by atoms with Crippen molar-refractivity contribution in [3.63, 3.8) is 0 Å². The summed E-state index contributed by atoms with van der Waals surface area (Å²) < 4.78 is 20.0. The second-order valence-electron chi connectivity index (χ2n) is 17.7. The van der Waals surface area contributed by atoms with Crippen molar-refractivity contribution in [1.82, 2.24) is 0 Å². The van der Waals surface area contributed by atoms with Crippen LogP contribution in [-0.2, 0) is 0 Å². The van der Waals surface area contributed by atoms with E-state index in [1.807, 2.05) is 222 Å². The monoisotopic (exact) mass is 1020 g/mol. The summed E-state index contributed by atoms with van der Waals surface area (Å²) in [6.45, 7) is 8.18. The Morgan fingerprint density at radius 2 is 0.377 bits per heavy atom. The number of methoxy groups -OCH3 is 4. The molecule has 0 saturated carbocycles. The van der Waals surface area contributed by atoms with Crippen LogP contribution in [0.15, 0.2) is 234 Å². The van der Waals surface area contributed by atoms with E-state index in [0.29, 0.717) is 46.7 Å². The highest BCUT2D eigenvalue weighted by Gasteiger charge is 2.30. The van der Waals surface area contributed by atoms with Gasteiger partial charge < -0.3 is 18.9 Å². The first-order chi connectivity index (χ1) is 37.1. The lowest BCUT2D eigenvalue weighted by Crippen LogP contribution is -2.02. The highest BCUT2D eigenvalue weighted by molar-refractivity contribution is 6.35. The Morgan fingerprint density at radius 3 is 0.494 bits per heavy atom. The van der Waals surface area contributed by atoms with E-state index in [1.54, 1.807) is 28.4 Å². The lowest BCUT2D eigenvalue weighted by Gasteiger charge is -2.01. The molecule has 12 nitrogen and oxygen atoms in total. The number of benzene rings is 8. The Hall–Kier alpha value is -9.68. The molecule has 0 amide bonds. The third kappa shape index (κ3) is 12.8. The molecule has 0 spiro atoms. The number of rotatable bonds is 4. The Labute approximate surface area is 451 Å². The summed E-state index contributed by atoms with van der Waals surface area (Å²) in [5.74, 6) is 8.12. The van der Waals surface area contributed by atoms with Crippen LogP contribution < -0.4 is 18.9 Å². The molecule has 8 aromatic carbocycles. The Bertz CT molecular complexity index is 3210. The van der Waals surface area contributed by atoms with E-state index in [2.05, 4.69) is 0 Å². The van der Waals surface area contributed by atoms with Crippen LogP contribution in [0.25, 0.3) is 0 Å². The summed E-state index contributed by atoms with van der Waals surface area (Å²) in [7, 11) is 6.70. The zero-order valence-corrected chi connectivity index (χ0v) is 43.7. The van der Waals surface area contributed by atoms with Crippen molar-refractivity contribution >= 4 is 46.7 Å². The smallest absolute Gasteiger partial charge is 0.164 e. The SMILES string of the molecule is C.COc1cccc(C)c1.COc1cccc(C)c1.COc1cccc(C)c1.COc1cccc(C)c1.c1ccc2c(c1)C1=NC2=NC2=NC(=NC3=NC(=NC4=NC(=N1)c1ccccc14)c1ccccc13)c1ccccc12. The van der Waals surface area contributed by atoms with Gasteiger partial charge in [0.2, 0.25) is 0 Å². The van der Waals surface area contributed by atoms with Crippen LogP contribution in [0.2, 0.25) is 0 Å². The van der Waals surface area contributed by atoms with Crippen molar-refractivity contribution in [3.05, 3.63) is 261 Å². The van der Waals surface area contributed by atoms with E-state index in [9.17, 15) is 0 Å². The van der Waals surface area contributed by atoms with E-state index in [-0.39, 0.29) is 7.43 Å². The van der Waals surface area contributed by atoms with E-state index in [1.165, 1.54) is 22.3 Å². The van der Waals surface area contributed by atoms with Crippen LogP contribution in [0.4, 0.5) is 0 Å². The molecule has 0 atom stereocenters. The molecule has 5 heterocycles. The summed E-state index contributed by atoms with van der Waals surface area (Å²) in [5, 5.41) is 0. The number of fused-ring (bicyclic) bond motifs is 16. The average Bonchev–Trinajstić information content (AvgIpc) is 4.21. The topological polar surface area (TPSA) is 136 Å². The van der Waals surface area contributed by atoms with Gasteiger partial charge in [0.25, 0.3) is 0 Å². The second kappa shape index (κ2) is 25.0. The molecule has 0 fully saturated rings. The fourth-order valence-electron chi connectivity index (χ4n) is 8.43. The highest BCUT2D eigenvalue weighted by Crippen LogP contribution is 2.30. The summed E-state index contributed by atoms with van der Waals surface area (Å²) in [5.41, 5.74) is 12.1. The Kier molecular flexibility index (Phi) is 17.4. The first-order valence-electron chi connectivity index (χ1n) is 24.6. The minimum absolute atomic E-state index is 0. The number of hydrogen-bond acceptors (Lipinski definition) is 12. The number of ether oxygens (including phenoxy) is 4. The molecule has 8 aromatic rings. The van der Waals surface area contributed by atoms with Crippen LogP contribution in [0, 0.1) is 27.7 Å². The summed E-state index contributed by atoms with van der Waals surface area (Å²) in [6, 6.07) is 63.7. The normalized spacial score (nSPS) is 13.2. The molecule has 384 valence electrons.